The van der Waals surface area contributed by atoms with Gasteiger partial charge in [0, 0.05) is 5.02 Å². The largest absolute Gasteiger partial charge is 0.489 e. The van der Waals surface area contributed by atoms with Crippen LogP contribution in [0.5, 0.6) is 5.75 Å². The maximum atomic E-state index is 13.7. The lowest BCUT2D eigenvalue weighted by Crippen LogP contribution is -2.39. The number of carboxylic acids is 1. The summed E-state index contributed by atoms with van der Waals surface area (Å²) in [6.07, 6.45) is 1.78. The number of fused-ring (bicyclic) bond motifs is 1. The number of nitrogens with zero attached hydrogens (tertiary/aromatic N) is 2. The third kappa shape index (κ3) is 6.01. The number of halogens is 1. The van der Waals surface area contributed by atoms with Crippen molar-refractivity contribution in [1.29, 1.82) is 0 Å². The van der Waals surface area contributed by atoms with Crippen LogP contribution in [-0.4, -0.2) is 28.2 Å². The molecule has 1 N–H and O–H groups in total. The number of hydrogen-bond acceptors (Lipinski definition) is 7. The summed E-state index contributed by atoms with van der Waals surface area (Å²) in [7, 11) is 0. The summed E-state index contributed by atoms with van der Waals surface area (Å²) < 4.78 is 13.1. The van der Waals surface area contributed by atoms with Gasteiger partial charge in [0.25, 0.3) is 5.56 Å². The van der Waals surface area contributed by atoms with Gasteiger partial charge in [-0.1, -0.05) is 59.3 Å². The van der Waals surface area contributed by atoms with Gasteiger partial charge in [0.1, 0.15) is 12.4 Å². The van der Waals surface area contributed by atoms with Crippen molar-refractivity contribution in [3.63, 3.8) is 0 Å². The zero-order valence-electron chi connectivity index (χ0n) is 22.2. The minimum absolute atomic E-state index is 0.198. The summed E-state index contributed by atoms with van der Waals surface area (Å²) in [6, 6.07) is 20.1. The molecule has 2 heterocycles. The highest BCUT2D eigenvalue weighted by Gasteiger charge is 2.33. The SMILES string of the molecule is CCOC(=O)C1=C(C)N=c2s/c(=C/c3ccc(OCc4ccc(C(=O)O)cc4)cc3)c(=O)n2[C@@H]1c1ccc(Cl)cc1. The number of carbonyl (C=O) groups excluding carboxylic acids is 1. The van der Waals surface area contributed by atoms with E-state index in [2.05, 4.69) is 4.99 Å². The molecule has 10 heteroatoms. The molecule has 0 saturated carbocycles. The van der Waals surface area contributed by atoms with E-state index in [-0.39, 0.29) is 24.3 Å². The fourth-order valence-corrected chi connectivity index (χ4v) is 5.65. The molecule has 1 aromatic heterocycles. The number of hydrogen-bond donors (Lipinski definition) is 1. The maximum Gasteiger partial charge on any atom is 0.338 e. The molecule has 1 aliphatic heterocycles. The quantitative estimate of drug-likeness (QED) is 0.298. The summed E-state index contributed by atoms with van der Waals surface area (Å²) in [6.45, 7) is 3.95. The molecular formula is C31H25ClN2O6S. The van der Waals surface area contributed by atoms with E-state index in [1.807, 2.05) is 12.1 Å². The van der Waals surface area contributed by atoms with Crippen LogP contribution < -0.4 is 19.6 Å². The van der Waals surface area contributed by atoms with Crippen molar-refractivity contribution >= 4 is 41.0 Å². The van der Waals surface area contributed by atoms with E-state index in [0.717, 1.165) is 16.7 Å². The monoisotopic (exact) mass is 588 g/mol. The van der Waals surface area contributed by atoms with Gasteiger partial charge in [-0.2, -0.15) is 0 Å². The van der Waals surface area contributed by atoms with Crippen LogP contribution in [-0.2, 0) is 16.1 Å². The van der Waals surface area contributed by atoms with E-state index in [1.54, 1.807) is 68.5 Å². The lowest BCUT2D eigenvalue weighted by atomic mass is 9.96. The Labute approximate surface area is 244 Å². The first kappa shape index (κ1) is 28.1. The summed E-state index contributed by atoms with van der Waals surface area (Å²) in [5.41, 5.74) is 3.11. The Hall–Kier alpha value is -4.47. The van der Waals surface area contributed by atoms with Gasteiger partial charge in [-0.05, 0) is 73.0 Å². The Morgan fingerprint density at radius 2 is 1.73 bits per heavy atom. The topological polar surface area (TPSA) is 107 Å². The predicted molar refractivity (Wildman–Crippen MR) is 156 cm³/mol. The second-order valence-corrected chi connectivity index (χ2v) is 10.7. The van der Waals surface area contributed by atoms with Crippen molar-refractivity contribution in [3.05, 3.63) is 131 Å². The third-order valence-electron chi connectivity index (χ3n) is 6.49. The van der Waals surface area contributed by atoms with Crippen molar-refractivity contribution in [2.24, 2.45) is 4.99 Å². The fourth-order valence-electron chi connectivity index (χ4n) is 4.47. The van der Waals surface area contributed by atoms with Gasteiger partial charge < -0.3 is 14.6 Å². The molecule has 0 aliphatic carbocycles. The van der Waals surface area contributed by atoms with E-state index >= 15 is 0 Å². The van der Waals surface area contributed by atoms with E-state index < -0.39 is 18.0 Å². The van der Waals surface area contributed by atoms with Gasteiger partial charge in [0.2, 0.25) is 0 Å². The summed E-state index contributed by atoms with van der Waals surface area (Å²) in [4.78, 5) is 42.8. The standard InChI is InChI=1S/C31H25ClN2O6S/c1-3-39-30(38)26-18(2)33-31-34(27(26)21-10-12-23(32)13-11-21)28(35)25(41-31)16-19-6-14-24(15-7-19)40-17-20-4-8-22(9-5-20)29(36)37/h4-16,27H,3,17H2,1-2H3,(H,36,37)/b25-16+/t27-/m1/s1. The maximum absolute atomic E-state index is 13.7. The molecule has 0 amide bonds. The molecule has 3 aromatic carbocycles. The molecule has 0 fully saturated rings. The van der Waals surface area contributed by atoms with Gasteiger partial charge in [0.05, 0.1) is 34.0 Å². The van der Waals surface area contributed by atoms with Gasteiger partial charge in [-0.25, -0.2) is 14.6 Å². The van der Waals surface area contributed by atoms with Gasteiger partial charge in [-0.15, -0.1) is 0 Å². The molecule has 0 bridgehead atoms. The molecule has 0 radical (unpaired) electrons. The molecule has 0 saturated heterocycles. The Bertz CT molecular complexity index is 1820. The number of thiazole rings is 1. The molecular weight excluding hydrogens is 564 g/mol. The fraction of sp³-hybridized carbons (Fsp3) is 0.161. The molecule has 0 unspecified atom stereocenters. The molecule has 0 spiro atoms. The second-order valence-electron chi connectivity index (χ2n) is 9.21. The number of ether oxygens (including phenoxy) is 2. The molecule has 5 rings (SSSR count). The average Bonchev–Trinajstić information content (AvgIpc) is 3.26. The van der Waals surface area contributed by atoms with Crippen molar-refractivity contribution < 1.29 is 24.2 Å². The Morgan fingerprint density at radius 3 is 2.37 bits per heavy atom. The van der Waals surface area contributed by atoms with Crippen LogP contribution in [0.2, 0.25) is 5.02 Å². The summed E-state index contributed by atoms with van der Waals surface area (Å²) in [5, 5.41) is 9.58. The molecule has 4 aromatic rings. The van der Waals surface area contributed by atoms with Crippen LogP contribution >= 0.6 is 22.9 Å². The van der Waals surface area contributed by atoms with Crippen molar-refractivity contribution in [1.82, 2.24) is 4.57 Å². The van der Waals surface area contributed by atoms with Crippen LogP contribution in [0.1, 0.15) is 46.9 Å². The Balaban J connectivity index is 1.44. The molecule has 41 heavy (non-hydrogen) atoms. The highest BCUT2D eigenvalue weighted by molar-refractivity contribution is 7.07. The highest BCUT2D eigenvalue weighted by Crippen LogP contribution is 2.31. The predicted octanol–water partition coefficient (Wildman–Crippen LogP) is 4.73. The number of carboxylic acid groups (broad SMARTS) is 1. The Kier molecular flexibility index (Phi) is 8.19. The molecule has 1 aliphatic rings. The van der Waals surface area contributed by atoms with Crippen LogP contribution in [0.4, 0.5) is 0 Å². The van der Waals surface area contributed by atoms with E-state index in [1.165, 1.54) is 28.0 Å². The minimum atomic E-state index is -0.976. The number of aromatic carboxylic acids is 1. The smallest absolute Gasteiger partial charge is 0.338 e. The Morgan fingerprint density at radius 1 is 1.05 bits per heavy atom. The van der Waals surface area contributed by atoms with Crippen LogP contribution in [0, 0.1) is 0 Å². The van der Waals surface area contributed by atoms with E-state index in [9.17, 15) is 14.4 Å². The van der Waals surface area contributed by atoms with Crippen LogP contribution in [0.25, 0.3) is 6.08 Å². The van der Waals surface area contributed by atoms with Crippen molar-refractivity contribution in [3.8, 4) is 5.75 Å². The number of aromatic nitrogens is 1. The summed E-state index contributed by atoms with van der Waals surface area (Å²) in [5.74, 6) is -0.865. The van der Waals surface area contributed by atoms with Gasteiger partial charge in [-0.3, -0.25) is 9.36 Å². The highest BCUT2D eigenvalue weighted by atomic mass is 35.5. The lowest BCUT2D eigenvalue weighted by Gasteiger charge is -2.24. The lowest BCUT2D eigenvalue weighted by molar-refractivity contribution is -0.139. The zero-order valence-corrected chi connectivity index (χ0v) is 23.7. The minimum Gasteiger partial charge on any atom is -0.489 e. The number of rotatable bonds is 8. The van der Waals surface area contributed by atoms with Crippen LogP contribution in [0.15, 0.2) is 93.9 Å². The first-order valence-corrected chi connectivity index (χ1v) is 13.9. The first-order chi connectivity index (χ1) is 19.7. The number of carbonyl (C=O) groups is 2. The summed E-state index contributed by atoms with van der Waals surface area (Å²) >= 11 is 7.36. The second kappa shape index (κ2) is 12.0. The zero-order chi connectivity index (χ0) is 29.1. The van der Waals surface area contributed by atoms with Crippen molar-refractivity contribution in [2.75, 3.05) is 6.61 Å². The number of allylic oxidation sites excluding steroid dienone is 1. The van der Waals surface area contributed by atoms with Gasteiger partial charge in [0.15, 0.2) is 4.80 Å². The molecule has 1 atom stereocenters. The third-order valence-corrected chi connectivity index (χ3v) is 7.72. The van der Waals surface area contributed by atoms with Crippen LogP contribution in [0.3, 0.4) is 0 Å². The number of esters is 1. The average molecular weight is 589 g/mol. The number of benzene rings is 3. The molecule has 8 nitrogen and oxygen atoms in total. The normalized spacial score (nSPS) is 14.8. The van der Waals surface area contributed by atoms with E-state index in [0.29, 0.717) is 31.4 Å². The van der Waals surface area contributed by atoms with Crippen molar-refractivity contribution in [2.45, 2.75) is 26.5 Å². The van der Waals surface area contributed by atoms with Gasteiger partial charge >= 0.3 is 11.9 Å². The van der Waals surface area contributed by atoms with E-state index in [4.69, 9.17) is 26.2 Å². The first-order valence-electron chi connectivity index (χ1n) is 12.8. The molecule has 208 valence electrons.